The second-order valence-corrected chi connectivity index (χ2v) is 7.96. The van der Waals surface area contributed by atoms with Gasteiger partial charge in [0.15, 0.2) is 5.96 Å². The molecule has 0 spiro atoms. The molecule has 2 rings (SSSR count). The molecule has 0 amide bonds. The minimum atomic E-state index is -4.13. The molecule has 0 aromatic heterocycles. The van der Waals surface area contributed by atoms with Gasteiger partial charge in [0.05, 0.1) is 6.54 Å². The lowest BCUT2D eigenvalue weighted by Crippen LogP contribution is -2.49. The lowest BCUT2D eigenvalue weighted by Gasteiger charge is -2.30. The Bertz CT molecular complexity index is 447. The SMILES string of the molecule is CN=C(NCC(CC(C)C)N1CCCC1)NC1CCN(CC(F)(F)F)C1. The van der Waals surface area contributed by atoms with Crippen LogP contribution in [0.3, 0.4) is 0 Å². The maximum Gasteiger partial charge on any atom is 0.401 e. The number of guanidine groups is 1. The van der Waals surface area contributed by atoms with Crippen LogP contribution in [0.1, 0.15) is 39.5 Å². The molecule has 2 unspecified atom stereocenters. The zero-order chi connectivity index (χ0) is 19.2. The van der Waals surface area contributed by atoms with Crippen molar-refractivity contribution < 1.29 is 13.2 Å². The van der Waals surface area contributed by atoms with Gasteiger partial charge in [-0.05, 0) is 44.7 Å². The summed E-state index contributed by atoms with van der Waals surface area (Å²) in [5.74, 6) is 1.32. The summed E-state index contributed by atoms with van der Waals surface area (Å²) in [6.45, 7) is 7.65. The predicted octanol–water partition coefficient (Wildman–Crippen LogP) is 2.30. The number of likely N-dealkylation sites (tertiary alicyclic amines) is 2. The normalized spacial score (nSPS) is 24.4. The first-order valence-corrected chi connectivity index (χ1v) is 9.77. The topological polar surface area (TPSA) is 42.9 Å². The van der Waals surface area contributed by atoms with E-state index in [0.29, 0.717) is 37.4 Å². The average Bonchev–Trinajstić information content (AvgIpc) is 3.20. The quantitative estimate of drug-likeness (QED) is 0.528. The molecule has 2 atom stereocenters. The number of aliphatic imine (C=N–C) groups is 1. The van der Waals surface area contributed by atoms with Crippen LogP contribution in [0.4, 0.5) is 13.2 Å². The van der Waals surface area contributed by atoms with Gasteiger partial charge < -0.3 is 10.6 Å². The van der Waals surface area contributed by atoms with Crippen LogP contribution in [-0.2, 0) is 0 Å². The number of rotatable bonds is 7. The molecule has 2 aliphatic rings. The first-order chi connectivity index (χ1) is 12.3. The zero-order valence-corrected chi connectivity index (χ0v) is 16.3. The molecule has 2 N–H and O–H groups in total. The van der Waals surface area contributed by atoms with Crippen molar-refractivity contribution >= 4 is 5.96 Å². The van der Waals surface area contributed by atoms with Crippen LogP contribution in [0.5, 0.6) is 0 Å². The first kappa shape index (κ1) is 21.3. The molecule has 26 heavy (non-hydrogen) atoms. The van der Waals surface area contributed by atoms with Crippen molar-refractivity contribution in [2.45, 2.75) is 57.8 Å². The van der Waals surface area contributed by atoms with Crippen LogP contribution in [0.25, 0.3) is 0 Å². The number of hydrogen-bond acceptors (Lipinski definition) is 3. The third-order valence-electron chi connectivity index (χ3n) is 5.15. The van der Waals surface area contributed by atoms with Gasteiger partial charge in [-0.3, -0.25) is 14.8 Å². The summed E-state index contributed by atoms with van der Waals surface area (Å²) < 4.78 is 37.6. The van der Waals surface area contributed by atoms with Crippen LogP contribution in [0.15, 0.2) is 4.99 Å². The lowest BCUT2D eigenvalue weighted by atomic mass is 10.0. The summed E-state index contributed by atoms with van der Waals surface area (Å²) in [4.78, 5) is 8.26. The largest absolute Gasteiger partial charge is 0.401 e. The number of alkyl halides is 3. The molecule has 2 aliphatic heterocycles. The fourth-order valence-electron chi connectivity index (χ4n) is 3.96. The number of hydrogen-bond donors (Lipinski definition) is 2. The molecule has 0 radical (unpaired) electrons. The van der Waals surface area contributed by atoms with Gasteiger partial charge in [0, 0.05) is 38.8 Å². The predicted molar refractivity (Wildman–Crippen MR) is 99.4 cm³/mol. The van der Waals surface area contributed by atoms with Crippen LogP contribution in [0, 0.1) is 5.92 Å². The van der Waals surface area contributed by atoms with E-state index in [9.17, 15) is 13.2 Å². The Labute approximate surface area is 155 Å². The molecular weight excluding hydrogens is 343 g/mol. The van der Waals surface area contributed by atoms with E-state index in [-0.39, 0.29) is 6.04 Å². The van der Waals surface area contributed by atoms with Crippen molar-refractivity contribution in [2.75, 3.05) is 46.3 Å². The molecule has 0 aromatic rings. The van der Waals surface area contributed by atoms with E-state index >= 15 is 0 Å². The van der Waals surface area contributed by atoms with Crippen molar-refractivity contribution in [2.24, 2.45) is 10.9 Å². The Morgan fingerprint density at radius 3 is 2.46 bits per heavy atom. The fraction of sp³-hybridized carbons (Fsp3) is 0.944. The first-order valence-electron chi connectivity index (χ1n) is 9.77. The number of halogens is 3. The zero-order valence-electron chi connectivity index (χ0n) is 16.3. The minimum Gasteiger partial charge on any atom is -0.355 e. The van der Waals surface area contributed by atoms with Crippen LogP contribution in [0.2, 0.25) is 0 Å². The van der Waals surface area contributed by atoms with E-state index in [1.54, 1.807) is 7.05 Å². The highest BCUT2D eigenvalue weighted by atomic mass is 19.4. The minimum absolute atomic E-state index is 0.0129. The molecule has 8 heteroatoms. The smallest absolute Gasteiger partial charge is 0.355 e. The van der Waals surface area contributed by atoms with Gasteiger partial charge in [-0.15, -0.1) is 0 Å². The van der Waals surface area contributed by atoms with Crippen molar-refractivity contribution in [3.8, 4) is 0 Å². The molecular formula is C18H34F3N5. The van der Waals surface area contributed by atoms with Crippen molar-refractivity contribution in [3.05, 3.63) is 0 Å². The van der Waals surface area contributed by atoms with Gasteiger partial charge in [-0.2, -0.15) is 13.2 Å². The Morgan fingerprint density at radius 1 is 1.19 bits per heavy atom. The van der Waals surface area contributed by atoms with E-state index in [1.165, 1.54) is 17.7 Å². The molecule has 2 fully saturated rings. The molecule has 0 saturated carbocycles. The Morgan fingerprint density at radius 2 is 1.88 bits per heavy atom. The second-order valence-electron chi connectivity index (χ2n) is 7.96. The summed E-state index contributed by atoms with van der Waals surface area (Å²) in [6, 6.07) is 0.486. The second kappa shape index (κ2) is 9.78. The summed E-state index contributed by atoms with van der Waals surface area (Å²) in [6.07, 6.45) is 0.233. The standard InChI is InChI=1S/C18H34F3N5/c1-14(2)10-16(26-7-4-5-8-26)11-23-17(22-3)24-15-6-9-25(12-15)13-18(19,20)21/h14-16H,4-13H2,1-3H3,(H2,22,23,24). The van der Waals surface area contributed by atoms with Crippen LogP contribution >= 0.6 is 0 Å². The van der Waals surface area contributed by atoms with E-state index in [4.69, 9.17) is 0 Å². The average molecular weight is 377 g/mol. The highest BCUT2D eigenvalue weighted by molar-refractivity contribution is 5.80. The Balaban J connectivity index is 1.79. The van der Waals surface area contributed by atoms with E-state index in [1.807, 2.05) is 0 Å². The summed E-state index contributed by atoms with van der Waals surface area (Å²) in [7, 11) is 1.71. The highest BCUT2D eigenvalue weighted by Crippen LogP contribution is 2.20. The van der Waals surface area contributed by atoms with Crippen molar-refractivity contribution in [1.82, 2.24) is 20.4 Å². The van der Waals surface area contributed by atoms with E-state index < -0.39 is 12.7 Å². The molecule has 2 heterocycles. The molecule has 2 saturated heterocycles. The molecule has 152 valence electrons. The summed E-state index contributed by atoms with van der Waals surface area (Å²) >= 11 is 0. The van der Waals surface area contributed by atoms with Crippen molar-refractivity contribution in [1.29, 1.82) is 0 Å². The van der Waals surface area contributed by atoms with Gasteiger partial charge in [0.1, 0.15) is 0 Å². The summed E-state index contributed by atoms with van der Waals surface area (Å²) in [5, 5.41) is 6.69. The monoisotopic (exact) mass is 377 g/mol. The maximum absolute atomic E-state index is 12.5. The lowest BCUT2D eigenvalue weighted by molar-refractivity contribution is -0.143. The molecule has 5 nitrogen and oxygen atoms in total. The van der Waals surface area contributed by atoms with Crippen LogP contribution in [-0.4, -0.2) is 80.3 Å². The Kier molecular flexibility index (Phi) is 8.01. The molecule has 0 aliphatic carbocycles. The summed E-state index contributed by atoms with van der Waals surface area (Å²) in [5.41, 5.74) is 0. The van der Waals surface area contributed by atoms with E-state index in [2.05, 4.69) is 34.4 Å². The van der Waals surface area contributed by atoms with Crippen molar-refractivity contribution in [3.63, 3.8) is 0 Å². The van der Waals surface area contributed by atoms with Gasteiger partial charge in [0.25, 0.3) is 0 Å². The molecule has 0 bridgehead atoms. The van der Waals surface area contributed by atoms with Gasteiger partial charge >= 0.3 is 6.18 Å². The van der Waals surface area contributed by atoms with Gasteiger partial charge in [-0.25, -0.2) is 0 Å². The van der Waals surface area contributed by atoms with Crippen LogP contribution < -0.4 is 10.6 Å². The molecule has 0 aromatic carbocycles. The number of nitrogens with zero attached hydrogens (tertiary/aromatic N) is 3. The third-order valence-corrected chi connectivity index (χ3v) is 5.15. The Hall–Kier alpha value is -1.02. The van der Waals surface area contributed by atoms with E-state index in [0.717, 1.165) is 26.1 Å². The third kappa shape index (κ3) is 7.31. The fourth-order valence-corrected chi connectivity index (χ4v) is 3.96. The van der Waals surface area contributed by atoms with Gasteiger partial charge in [-0.1, -0.05) is 13.8 Å². The number of nitrogens with one attached hydrogen (secondary N) is 2. The van der Waals surface area contributed by atoms with Gasteiger partial charge in [0.2, 0.25) is 0 Å². The highest BCUT2D eigenvalue weighted by Gasteiger charge is 2.34. The maximum atomic E-state index is 12.5.